The zero-order valence-corrected chi connectivity index (χ0v) is 7.20. The SMILES string of the molecule is C/N=C(/C)c1ccccc1C#N. The fourth-order valence-electron chi connectivity index (χ4n) is 1.02. The summed E-state index contributed by atoms with van der Waals surface area (Å²) in [4.78, 5) is 4.03. The Morgan fingerprint density at radius 1 is 1.42 bits per heavy atom. The van der Waals surface area contributed by atoms with E-state index in [-0.39, 0.29) is 0 Å². The first-order valence-corrected chi connectivity index (χ1v) is 3.72. The lowest BCUT2D eigenvalue weighted by molar-refractivity contribution is 1.39. The van der Waals surface area contributed by atoms with Crippen LogP contribution < -0.4 is 0 Å². The number of rotatable bonds is 1. The molecule has 0 unspecified atom stereocenters. The first kappa shape index (κ1) is 8.48. The van der Waals surface area contributed by atoms with Gasteiger partial charge in [-0.1, -0.05) is 18.2 Å². The quantitative estimate of drug-likeness (QED) is 0.576. The van der Waals surface area contributed by atoms with Crippen molar-refractivity contribution in [1.29, 1.82) is 5.26 Å². The molecule has 1 aromatic rings. The van der Waals surface area contributed by atoms with E-state index in [1.165, 1.54) is 0 Å². The molecule has 0 radical (unpaired) electrons. The Morgan fingerprint density at radius 3 is 2.67 bits per heavy atom. The number of aliphatic imine (C=N–C) groups is 1. The zero-order valence-electron chi connectivity index (χ0n) is 7.20. The van der Waals surface area contributed by atoms with Crippen LogP contribution in [0.5, 0.6) is 0 Å². The largest absolute Gasteiger partial charge is 0.293 e. The summed E-state index contributed by atoms with van der Waals surface area (Å²) < 4.78 is 0. The molecule has 0 aliphatic heterocycles. The average molecular weight is 158 g/mol. The molecular weight excluding hydrogens is 148 g/mol. The molecule has 1 aromatic carbocycles. The molecule has 0 aromatic heterocycles. The normalized spacial score (nSPS) is 10.9. The highest BCUT2D eigenvalue weighted by atomic mass is 14.7. The molecule has 0 saturated carbocycles. The highest BCUT2D eigenvalue weighted by Gasteiger charge is 2.01. The lowest BCUT2D eigenvalue weighted by Crippen LogP contribution is -1.97. The van der Waals surface area contributed by atoms with E-state index in [4.69, 9.17) is 5.26 Å². The standard InChI is InChI=1S/C10H10N2/c1-8(12-2)10-6-4-3-5-9(10)7-11/h3-6H,1-2H3/b12-8-. The van der Waals surface area contributed by atoms with Crippen molar-refractivity contribution in [2.45, 2.75) is 6.92 Å². The summed E-state index contributed by atoms with van der Waals surface area (Å²) in [6.45, 7) is 1.90. The second-order valence-electron chi connectivity index (χ2n) is 2.47. The maximum Gasteiger partial charge on any atom is 0.0998 e. The molecule has 0 aliphatic rings. The summed E-state index contributed by atoms with van der Waals surface area (Å²) in [6, 6.07) is 9.59. The van der Waals surface area contributed by atoms with Crippen LogP contribution in [0.25, 0.3) is 0 Å². The van der Waals surface area contributed by atoms with Crippen LogP contribution in [-0.2, 0) is 0 Å². The minimum atomic E-state index is 0.681. The van der Waals surface area contributed by atoms with E-state index in [2.05, 4.69) is 11.1 Å². The van der Waals surface area contributed by atoms with Gasteiger partial charge in [-0.15, -0.1) is 0 Å². The van der Waals surface area contributed by atoms with E-state index >= 15 is 0 Å². The first-order chi connectivity index (χ1) is 5.79. The third-order valence-corrected chi connectivity index (χ3v) is 1.77. The minimum absolute atomic E-state index is 0.681. The molecule has 0 heterocycles. The Hall–Kier alpha value is -1.62. The fourth-order valence-corrected chi connectivity index (χ4v) is 1.02. The molecule has 2 heteroatoms. The lowest BCUT2D eigenvalue weighted by atomic mass is 10.1. The highest BCUT2D eigenvalue weighted by Crippen LogP contribution is 2.07. The topological polar surface area (TPSA) is 36.1 Å². The van der Waals surface area contributed by atoms with E-state index in [0.717, 1.165) is 11.3 Å². The van der Waals surface area contributed by atoms with Gasteiger partial charge in [-0.25, -0.2) is 0 Å². The number of benzene rings is 1. The predicted octanol–water partition coefficient (Wildman–Crippen LogP) is 2.00. The van der Waals surface area contributed by atoms with Crippen molar-refractivity contribution >= 4 is 5.71 Å². The van der Waals surface area contributed by atoms with E-state index in [0.29, 0.717) is 5.56 Å². The van der Waals surface area contributed by atoms with Crippen LogP contribution in [0.3, 0.4) is 0 Å². The third-order valence-electron chi connectivity index (χ3n) is 1.77. The molecule has 2 nitrogen and oxygen atoms in total. The number of hydrogen-bond donors (Lipinski definition) is 0. The lowest BCUT2D eigenvalue weighted by Gasteiger charge is -2.00. The van der Waals surface area contributed by atoms with E-state index in [1.807, 2.05) is 25.1 Å². The van der Waals surface area contributed by atoms with Gasteiger partial charge in [0.2, 0.25) is 0 Å². The van der Waals surface area contributed by atoms with Crippen LogP contribution in [0.2, 0.25) is 0 Å². The van der Waals surface area contributed by atoms with Gasteiger partial charge in [-0.05, 0) is 13.0 Å². The fraction of sp³-hybridized carbons (Fsp3) is 0.200. The van der Waals surface area contributed by atoms with Crippen LogP contribution in [0.1, 0.15) is 18.1 Å². The van der Waals surface area contributed by atoms with Crippen molar-refractivity contribution in [3.63, 3.8) is 0 Å². The summed E-state index contributed by atoms with van der Waals surface area (Å²) in [5, 5.41) is 8.76. The molecule has 0 atom stereocenters. The molecule has 0 bridgehead atoms. The van der Waals surface area contributed by atoms with E-state index < -0.39 is 0 Å². The predicted molar refractivity (Wildman–Crippen MR) is 49.3 cm³/mol. The van der Waals surface area contributed by atoms with Gasteiger partial charge in [0.25, 0.3) is 0 Å². The van der Waals surface area contributed by atoms with Crippen molar-refractivity contribution in [2.75, 3.05) is 7.05 Å². The molecule has 0 saturated heterocycles. The van der Waals surface area contributed by atoms with Crippen molar-refractivity contribution in [3.8, 4) is 6.07 Å². The Kier molecular flexibility index (Phi) is 2.60. The van der Waals surface area contributed by atoms with Crippen LogP contribution in [0, 0.1) is 11.3 Å². The second kappa shape index (κ2) is 3.68. The van der Waals surface area contributed by atoms with Gasteiger partial charge in [0.15, 0.2) is 0 Å². The number of hydrogen-bond acceptors (Lipinski definition) is 2. The van der Waals surface area contributed by atoms with Gasteiger partial charge in [0.1, 0.15) is 0 Å². The molecule has 0 aliphatic carbocycles. The Balaban J connectivity index is 3.25. The molecule has 60 valence electrons. The minimum Gasteiger partial charge on any atom is -0.293 e. The van der Waals surface area contributed by atoms with Crippen molar-refractivity contribution in [1.82, 2.24) is 0 Å². The molecule has 0 N–H and O–H groups in total. The maximum atomic E-state index is 8.76. The molecule has 1 rings (SSSR count). The van der Waals surface area contributed by atoms with Crippen LogP contribution in [0.15, 0.2) is 29.3 Å². The van der Waals surface area contributed by atoms with Crippen molar-refractivity contribution < 1.29 is 0 Å². The molecule has 0 amide bonds. The second-order valence-corrected chi connectivity index (χ2v) is 2.47. The highest BCUT2D eigenvalue weighted by molar-refractivity contribution is 6.00. The van der Waals surface area contributed by atoms with Gasteiger partial charge in [-0.2, -0.15) is 5.26 Å². The van der Waals surface area contributed by atoms with E-state index in [1.54, 1.807) is 13.1 Å². The number of nitriles is 1. The van der Waals surface area contributed by atoms with Crippen LogP contribution in [0.4, 0.5) is 0 Å². The Labute approximate surface area is 72.2 Å². The molecule has 12 heavy (non-hydrogen) atoms. The van der Waals surface area contributed by atoms with Crippen LogP contribution in [-0.4, -0.2) is 12.8 Å². The zero-order chi connectivity index (χ0) is 8.97. The number of nitrogens with zero attached hydrogens (tertiary/aromatic N) is 2. The average Bonchev–Trinajstić information content (AvgIpc) is 2.16. The summed E-state index contributed by atoms with van der Waals surface area (Å²) >= 11 is 0. The van der Waals surface area contributed by atoms with Gasteiger partial charge in [0, 0.05) is 18.3 Å². The monoisotopic (exact) mass is 158 g/mol. The first-order valence-electron chi connectivity index (χ1n) is 3.72. The smallest absolute Gasteiger partial charge is 0.0998 e. The summed E-state index contributed by atoms with van der Waals surface area (Å²) in [6.07, 6.45) is 0. The Morgan fingerprint density at radius 2 is 2.08 bits per heavy atom. The van der Waals surface area contributed by atoms with Crippen LogP contribution >= 0.6 is 0 Å². The Bertz CT molecular complexity index is 345. The van der Waals surface area contributed by atoms with Gasteiger partial charge < -0.3 is 0 Å². The van der Waals surface area contributed by atoms with Gasteiger partial charge >= 0.3 is 0 Å². The summed E-state index contributed by atoms with van der Waals surface area (Å²) in [5.74, 6) is 0. The molecular formula is C10H10N2. The van der Waals surface area contributed by atoms with Gasteiger partial charge in [0.05, 0.1) is 11.6 Å². The van der Waals surface area contributed by atoms with Crippen molar-refractivity contribution in [3.05, 3.63) is 35.4 Å². The maximum absolute atomic E-state index is 8.76. The summed E-state index contributed by atoms with van der Waals surface area (Å²) in [7, 11) is 1.73. The van der Waals surface area contributed by atoms with Crippen molar-refractivity contribution in [2.24, 2.45) is 4.99 Å². The van der Waals surface area contributed by atoms with Gasteiger partial charge in [-0.3, -0.25) is 4.99 Å². The molecule has 0 fully saturated rings. The third kappa shape index (κ3) is 1.51. The molecule has 0 spiro atoms. The van der Waals surface area contributed by atoms with E-state index in [9.17, 15) is 0 Å². The summed E-state index contributed by atoms with van der Waals surface area (Å²) in [5.41, 5.74) is 2.50.